The Bertz CT molecular complexity index is 709. The molecule has 1 aromatic carbocycles. The predicted molar refractivity (Wildman–Crippen MR) is 65.3 cm³/mol. The zero-order valence-electron chi connectivity index (χ0n) is 9.78. The molecule has 100 valence electrons. The summed E-state index contributed by atoms with van der Waals surface area (Å²) in [6, 6.07) is 3.74. The third-order valence-electron chi connectivity index (χ3n) is 2.38. The highest BCUT2D eigenvalue weighted by atomic mass is 32.2. The highest BCUT2D eigenvalue weighted by molar-refractivity contribution is 7.92. The van der Waals surface area contributed by atoms with Gasteiger partial charge in [-0.25, -0.2) is 23.0 Å². The normalized spacial score (nSPS) is 11.2. The molecule has 0 spiro atoms. The molecule has 0 atom stereocenters. The minimum Gasteiger partial charge on any atom is -0.478 e. The van der Waals surface area contributed by atoms with Crippen LogP contribution in [0.4, 0.5) is 5.95 Å². The highest BCUT2D eigenvalue weighted by Gasteiger charge is 2.18. The molecule has 8 nitrogen and oxygen atoms in total. The van der Waals surface area contributed by atoms with E-state index in [2.05, 4.69) is 19.9 Å². The molecule has 9 heteroatoms. The number of aryl methyl sites for hydroxylation is 1. The summed E-state index contributed by atoms with van der Waals surface area (Å²) in [5.41, 5.74) is 0.409. The summed E-state index contributed by atoms with van der Waals surface area (Å²) >= 11 is 0. The fourth-order valence-electron chi connectivity index (χ4n) is 1.48. The maximum atomic E-state index is 12.0. The number of carboxylic acid groups (broad SMARTS) is 1. The number of hydrogen-bond donors (Lipinski definition) is 3. The Morgan fingerprint density at radius 2 is 2.16 bits per heavy atom. The molecule has 2 rings (SSSR count). The van der Waals surface area contributed by atoms with Crippen LogP contribution in [0.1, 0.15) is 15.9 Å². The molecule has 19 heavy (non-hydrogen) atoms. The van der Waals surface area contributed by atoms with Gasteiger partial charge in [-0.15, -0.1) is 0 Å². The number of H-pyrrole nitrogens is 1. The Kier molecular flexibility index (Phi) is 3.21. The summed E-state index contributed by atoms with van der Waals surface area (Å²) in [6.45, 7) is 1.52. The van der Waals surface area contributed by atoms with E-state index in [-0.39, 0.29) is 16.4 Å². The topological polar surface area (TPSA) is 125 Å². The lowest BCUT2D eigenvalue weighted by Gasteiger charge is -2.07. The van der Waals surface area contributed by atoms with Crippen molar-refractivity contribution in [2.24, 2.45) is 0 Å². The number of rotatable bonds is 4. The van der Waals surface area contributed by atoms with E-state index in [1.807, 2.05) is 0 Å². The fourth-order valence-corrected chi connectivity index (χ4v) is 2.53. The zero-order valence-corrected chi connectivity index (χ0v) is 10.6. The van der Waals surface area contributed by atoms with Gasteiger partial charge in [-0.05, 0) is 30.7 Å². The average Bonchev–Trinajstić information content (AvgIpc) is 2.80. The van der Waals surface area contributed by atoms with Crippen LogP contribution in [-0.4, -0.2) is 34.7 Å². The van der Waals surface area contributed by atoms with Crippen molar-refractivity contribution in [3.63, 3.8) is 0 Å². The van der Waals surface area contributed by atoms with Crippen LogP contribution >= 0.6 is 0 Å². The third kappa shape index (κ3) is 2.71. The summed E-state index contributed by atoms with van der Waals surface area (Å²) in [5.74, 6) is -1.12. The number of nitrogens with one attached hydrogen (secondary N) is 2. The van der Waals surface area contributed by atoms with Gasteiger partial charge in [0, 0.05) is 0 Å². The van der Waals surface area contributed by atoms with Gasteiger partial charge in [0.1, 0.15) is 6.33 Å². The molecule has 0 unspecified atom stereocenters. The van der Waals surface area contributed by atoms with Crippen LogP contribution in [0.2, 0.25) is 0 Å². The van der Waals surface area contributed by atoms with Gasteiger partial charge in [0.15, 0.2) is 0 Å². The van der Waals surface area contributed by atoms with Crippen LogP contribution in [0.15, 0.2) is 29.4 Å². The second kappa shape index (κ2) is 4.69. The number of carboxylic acids is 1. The van der Waals surface area contributed by atoms with Crippen LogP contribution in [0, 0.1) is 6.92 Å². The van der Waals surface area contributed by atoms with Crippen LogP contribution in [0.5, 0.6) is 0 Å². The minimum atomic E-state index is -3.82. The molecule has 0 fully saturated rings. The number of benzene rings is 1. The molecule has 3 N–H and O–H groups in total. The SMILES string of the molecule is Cc1cc(S(=O)(=O)Nc2ncn[nH]2)ccc1C(=O)O. The fraction of sp³-hybridized carbons (Fsp3) is 0.100. The summed E-state index contributed by atoms with van der Waals surface area (Å²) in [4.78, 5) is 14.4. The van der Waals surface area contributed by atoms with E-state index in [1.165, 1.54) is 25.1 Å². The zero-order chi connectivity index (χ0) is 14.0. The molecular formula is C10H10N4O4S. The maximum absolute atomic E-state index is 12.0. The monoisotopic (exact) mass is 282 g/mol. The number of anilines is 1. The Hall–Kier alpha value is -2.42. The van der Waals surface area contributed by atoms with Crippen LogP contribution in [0.3, 0.4) is 0 Å². The Morgan fingerprint density at radius 1 is 1.42 bits per heavy atom. The van der Waals surface area contributed by atoms with E-state index in [4.69, 9.17) is 5.11 Å². The number of hydrogen-bond acceptors (Lipinski definition) is 5. The molecule has 2 aromatic rings. The van der Waals surface area contributed by atoms with Crippen LogP contribution < -0.4 is 4.72 Å². The van der Waals surface area contributed by atoms with E-state index in [0.717, 1.165) is 6.33 Å². The second-order valence-corrected chi connectivity index (χ2v) is 5.40. The number of aromatic carboxylic acids is 1. The first-order chi connectivity index (χ1) is 8.90. The molecular weight excluding hydrogens is 272 g/mol. The maximum Gasteiger partial charge on any atom is 0.335 e. The molecule has 1 aromatic heterocycles. The van der Waals surface area contributed by atoms with Crippen molar-refractivity contribution in [2.45, 2.75) is 11.8 Å². The quantitative estimate of drug-likeness (QED) is 0.754. The van der Waals surface area contributed by atoms with E-state index in [1.54, 1.807) is 0 Å². The molecule has 0 saturated carbocycles. The summed E-state index contributed by atoms with van der Waals surface area (Å²) in [7, 11) is -3.82. The van der Waals surface area contributed by atoms with Crippen molar-refractivity contribution in [1.82, 2.24) is 15.2 Å². The number of carbonyl (C=O) groups is 1. The smallest absolute Gasteiger partial charge is 0.335 e. The molecule has 0 saturated heterocycles. The van der Waals surface area contributed by atoms with Crippen molar-refractivity contribution in [2.75, 3.05) is 4.72 Å². The first-order valence-electron chi connectivity index (χ1n) is 5.12. The van der Waals surface area contributed by atoms with Gasteiger partial charge in [-0.2, -0.15) is 10.1 Å². The van der Waals surface area contributed by atoms with Gasteiger partial charge in [0.05, 0.1) is 10.5 Å². The van der Waals surface area contributed by atoms with Gasteiger partial charge in [0.25, 0.3) is 10.0 Å². The number of sulfonamides is 1. The van der Waals surface area contributed by atoms with E-state index < -0.39 is 16.0 Å². The summed E-state index contributed by atoms with van der Waals surface area (Å²) in [5, 5.41) is 14.8. The first-order valence-corrected chi connectivity index (χ1v) is 6.60. The molecule has 0 aliphatic carbocycles. The number of nitrogens with zero attached hydrogens (tertiary/aromatic N) is 2. The Balaban J connectivity index is 2.36. The van der Waals surface area contributed by atoms with Crippen LogP contribution in [0.25, 0.3) is 0 Å². The lowest BCUT2D eigenvalue weighted by molar-refractivity contribution is 0.0696. The summed E-state index contributed by atoms with van der Waals surface area (Å²) < 4.78 is 26.2. The molecule has 0 bridgehead atoms. The largest absolute Gasteiger partial charge is 0.478 e. The highest BCUT2D eigenvalue weighted by Crippen LogP contribution is 2.17. The standard InChI is InChI=1S/C10H10N4O4S/c1-6-4-7(2-3-8(6)9(15)16)19(17,18)14-10-11-5-12-13-10/h2-5H,1H3,(H,15,16)(H2,11,12,13,14). The average molecular weight is 282 g/mol. The van der Waals surface area contributed by atoms with Crippen molar-refractivity contribution >= 4 is 21.9 Å². The van der Waals surface area contributed by atoms with E-state index in [0.29, 0.717) is 5.56 Å². The molecule has 0 aliphatic heterocycles. The molecule has 1 heterocycles. The van der Waals surface area contributed by atoms with E-state index >= 15 is 0 Å². The van der Waals surface area contributed by atoms with Crippen molar-refractivity contribution in [3.05, 3.63) is 35.7 Å². The first kappa shape index (κ1) is 13.0. The van der Waals surface area contributed by atoms with Crippen molar-refractivity contribution in [1.29, 1.82) is 0 Å². The number of aromatic nitrogens is 3. The lowest BCUT2D eigenvalue weighted by Crippen LogP contribution is -2.14. The van der Waals surface area contributed by atoms with Crippen LogP contribution in [-0.2, 0) is 10.0 Å². The molecule has 0 amide bonds. The lowest BCUT2D eigenvalue weighted by atomic mass is 10.1. The third-order valence-corrected chi connectivity index (χ3v) is 3.72. The van der Waals surface area contributed by atoms with Crippen molar-refractivity contribution < 1.29 is 18.3 Å². The van der Waals surface area contributed by atoms with Crippen molar-refractivity contribution in [3.8, 4) is 0 Å². The predicted octanol–water partition coefficient (Wildman–Crippen LogP) is 0.612. The van der Waals surface area contributed by atoms with Gasteiger partial charge in [0.2, 0.25) is 5.95 Å². The van der Waals surface area contributed by atoms with Gasteiger partial charge in [-0.1, -0.05) is 0 Å². The minimum absolute atomic E-state index is 0.0139. The van der Waals surface area contributed by atoms with Gasteiger partial charge in [-0.3, -0.25) is 0 Å². The second-order valence-electron chi connectivity index (χ2n) is 3.72. The summed E-state index contributed by atoms with van der Waals surface area (Å²) in [6.07, 6.45) is 1.16. The van der Waals surface area contributed by atoms with Gasteiger partial charge < -0.3 is 5.11 Å². The molecule has 0 aliphatic rings. The van der Waals surface area contributed by atoms with E-state index in [9.17, 15) is 13.2 Å². The Labute approximate surface area is 108 Å². The Morgan fingerprint density at radius 3 is 2.68 bits per heavy atom. The van der Waals surface area contributed by atoms with Gasteiger partial charge >= 0.3 is 5.97 Å². The number of aromatic amines is 1. The molecule has 0 radical (unpaired) electrons.